The Morgan fingerprint density at radius 1 is 0.897 bits per heavy atom. The molecule has 5 atom stereocenters. The van der Waals surface area contributed by atoms with Crippen LogP contribution < -0.4 is 16.1 Å². The van der Waals surface area contributed by atoms with E-state index in [1.54, 1.807) is 0 Å². The summed E-state index contributed by atoms with van der Waals surface area (Å²) in [4.78, 5) is 62.3. The maximum atomic E-state index is 12.6. The Morgan fingerprint density at radius 2 is 1.50 bits per heavy atom. The van der Waals surface area contributed by atoms with Crippen LogP contribution in [-0.4, -0.2) is 97.2 Å². The molecule has 8 N–H and O–H groups in total. The summed E-state index contributed by atoms with van der Waals surface area (Å²) in [6.07, 6.45) is 11.0. The number of hydrogen-bond donors (Lipinski definition) is 8. The van der Waals surface area contributed by atoms with Crippen LogP contribution in [-0.2, 0) is 41.1 Å². The van der Waals surface area contributed by atoms with Crippen LogP contribution in [0.2, 0.25) is 0 Å². The third-order valence-corrected chi connectivity index (χ3v) is 16.7. The van der Waals surface area contributed by atoms with Gasteiger partial charge in [0.25, 0.3) is 5.91 Å². The number of ether oxygens (including phenoxy) is 2. The second kappa shape index (κ2) is 24.1. The zero-order chi connectivity index (χ0) is 43.0. The monoisotopic (exact) mass is 920 g/mol. The smallest absolute Gasteiger partial charge is 0.423 e. The normalized spacial score (nSPS) is 22.9. The van der Waals surface area contributed by atoms with Crippen molar-refractivity contribution in [2.45, 2.75) is 134 Å². The van der Waals surface area contributed by atoms with Crippen LogP contribution in [0.3, 0.4) is 0 Å². The molecule has 332 valence electrons. The van der Waals surface area contributed by atoms with Gasteiger partial charge >= 0.3 is 30.6 Å². The van der Waals surface area contributed by atoms with E-state index in [4.69, 9.17) is 23.8 Å². The van der Waals surface area contributed by atoms with E-state index in [9.17, 15) is 43.1 Å². The first-order valence-electron chi connectivity index (χ1n) is 19.5. The summed E-state index contributed by atoms with van der Waals surface area (Å²) in [5, 5.41) is 24.1. The molecule has 58 heavy (non-hydrogen) atoms. The van der Waals surface area contributed by atoms with E-state index in [0.29, 0.717) is 37.9 Å². The van der Waals surface area contributed by atoms with Crippen molar-refractivity contribution in [2.75, 3.05) is 25.6 Å². The van der Waals surface area contributed by atoms with Gasteiger partial charge in [-0.15, -0.1) is 0 Å². The van der Waals surface area contributed by atoms with Gasteiger partial charge in [-0.3, -0.25) is 14.1 Å². The van der Waals surface area contributed by atoms with Gasteiger partial charge in [-0.25, -0.2) is 13.7 Å². The Morgan fingerprint density at radius 3 is 2.09 bits per heavy atom. The molecule has 1 aliphatic heterocycles. The average Bonchev–Trinajstić information content (AvgIpc) is 3.52. The number of amides is 2. The molecule has 0 radical (unpaired) electrons. The van der Waals surface area contributed by atoms with Crippen LogP contribution in [0.25, 0.3) is 0 Å². The van der Waals surface area contributed by atoms with Gasteiger partial charge in [0.15, 0.2) is 0 Å². The van der Waals surface area contributed by atoms with Crippen molar-refractivity contribution >= 4 is 69.5 Å². The lowest BCUT2D eigenvalue weighted by Crippen LogP contribution is -2.36. The topological polar surface area (TPSA) is 277 Å². The second-order valence-corrected chi connectivity index (χ2v) is 22.9. The van der Waals surface area contributed by atoms with Crippen LogP contribution in [0.5, 0.6) is 0 Å². The summed E-state index contributed by atoms with van der Waals surface area (Å²) < 4.78 is 60.5. The molecule has 1 saturated carbocycles. The molecule has 3 unspecified atom stereocenters. The molecule has 1 aromatic rings. The predicted octanol–water partition coefficient (Wildman–Crippen LogP) is 5.31. The summed E-state index contributed by atoms with van der Waals surface area (Å²) in [7, 11) is -15.3. The molecule has 2 aliphatic rings. The minimum Gasteiger partial charge on any atom is -0.423 e. The minimum absolute atomic E-state index is 0.128. The van der Waals surface area contributed by atoms with Gasteiger partial charge in [-0.2, -0.15) is 8.62 Å². The highest BCUT2D eigenvalue weighted by molar-refractivity contribution is 8.77. The van der Waals surface area contributed by atoms with Crippen molar-refractivity contribution in [1.29, 1.82) is 0 Å². The fourth-order valence-corrected chi connectivity index (χ4v) is 12.0. The molecule has 1 heterocycles. The molecule has 24 heteroatoms. The molecular weight excluding hydrogens is 860 g/mol. The largest absolute Gasteiger partial charge is 0.490 e. The summed E-state index contributed by atoms with van der Waals surface area (Å²) in [5.41, 5.74) is 0.455. The van der Waals surface area contributed by atoms with Crippen LogP contribution in [0, 0.1) is 5.41 Å². The molecule has 3 rings (SSSR count). The van der Waals surface area contributed by atoms with Crippen LogP contribution in [0.15, 0.2) is 24.3 Å². The minimum atomic E-state index is -5.68. The first-order chi connectivity index (χ1) is 27.1. The SMILES string of the molecule is CC(C)(CNC(=O)CCCCNC(=O)c1ccc(B(O)O)cc1)SSCOC1C[C@H](C2(C)CCCCCCCCCC2)O[C@@H]1COP(=O)(O)OP(=O)(O)OP(=O)(O)O. The molecule has 1 aliphatic carbocycles. The van der Waals surface area contributed by atoms with Gasteiger partial charge in [0, 0.05) is 36.2 Å². The highest BCUT2D eigenvalue weighted by atomic mass is 33.1. The fourth-order valence-electron chi connectivity index (χ4n) is 6.77. The van der Waals surface area contributed by atoms with E-state index in [1.165, 1.54) is 71.5 Å². The van der Waals surface area contributed by atoms with Gasteiger partial charge in [-0.1, -0.05) is 92.0 Å². The summed E-state index contributed by atoms with van der Waals surface area (Å²) in [6.45, 7) is 6.28. The zero-order valence-electron chi connectivity index (χ0n) is 33.3. The number of carbonyl (C=O) groups is 2. The van der Waals surface area contributed by atoms with Gasteiger partial charge < -0.3 is 49.7 Å². The molecule has 0 bridgehead atoms. The average molecular weight is 921 g/mol. The molecule has 0 aromatic heterocycles. The van der Waals surface area contributed by atoms with E-state index in [0.717, 1.165) is 38.5 Å². The molecule has 2 amide bonds. The van der Waals surface area contributed by atoms with E-state index < -0.39 is 54.1 Å². The van der Waals surface area contributed by atoms with Crippen molar-refractivity contribution in [3.63, 3.8) is 0 Å². The number of phosphoric acid groups is 3. The molecule has 1 saturated heterocycles. The summed E-state index contributed by atoms with van der Waals surface area (Å²) >= 11 is 0. The number of hydrogen-bond acceptors (Lipinski definition) is 14. The molecule has 0 spiro atoms. The third kappa shape index (κ3) is 19.9. The van der Waals surface area contributed by atoms with E-state index in [2.05, 4.69) is 26.2 Å². The van der Waals surface area contributed by atoms with E-state index in [-0.39, 0.29) is 41.2 Å². The predicted molar refractivity (Wildman–Crippen MR) is 222 cm³/mol. The number of benzene rings is 1. The third-order valence-electron chi connectivity index (χ3n) is 9.95. The van der Waals surface area contributed by atoms with Crippen molar-refractivity contribution in [1.82, 2.24) is 10.6 Å². The Bertz CT molecular complexity index is 1580. The Labute approximate surface area is 349 Å². The lowest BCUT2D eigenvalue weighted by atomic mass is 9.74. The lowest BCUT2D eigenvalue weighted by Gasteiger charge is -2.36. The lowest BCUT2D eigenvalue weighted by molar-refractivity contribution is -0.121. The fraction of sp³-hybridized carbons (Fsp3) is 0.765. The first-order valence-corrected chi connectivity index (χ1v) is 26.3. The maximum Gasteiger partial charge on any atom is 0.490 e. The van der Waals surface area contributed by atoms with Crippen LogP contribution in [0.1, 0.15) is 121 Å². The second-order valence-electron chi connectivity index (χ2n) is 15.5. The van der Waals surface area contributed by atoms with Gasteiger partial charge in [0.2, 0.25) is 5.91 Å². The standard InChI is InChI=1S/C34H60BN2O16P3S2/c1-33(2,24-37-31(38)14-10-13-21-36-32(39)26-15-17-27(18-16-26)35(40)41)58-57-25-49-28-22-30(34(3)19-11-8-6-4-5-7-9-12-20-34)51-29(28)23-50-55(45,46)53-56(47,48)52-54(42,43)44/h15-18,28-30,40-41H,4-14,19-25H2,1-3H3,(H,36,39)(H,37,38)(H,45,46)(H,47,48)(H2,42,43,44)/t28?,29-,30-/m1/s1. The Balaban J connectivity index is 1.48. The Kier molecular flexibility index (Phi) is 21.4. The maximum absolute atomic E-state index is 12.6. The molecule has 2 fully saturated rings. The van der Waals surface area contributed by atoms with Crippen LogP contribution >= 0.6 is 45.1 Å². The van der Waals surface area contributed by atoms with E-state index >= 15 is 0 Å². The number of phosphoric ester groups is 1. The summed E-state index contributed by atoms with van der Waals surface area (Å²) in [6, 6.07) is 5.93. The van der Waals surface area contributed by atoms with Gasteiger partial charge in [0.05, 0.1) is 18.8 Å². The molecule has 18 nitrogen and oxygen atoms in total. The van der Waals surface area contributed by atoms with Crippen LogP contribution in [0.4, 0.5) is 0 Å². The molecular formula is C34H60BN2O16P3S2. The highest BCUT2D eigenvalue weighted by Gasteiger charge is 2.47. The number of nitrogens with one attached hydrogen (secondary N) is 2. The van der Waals surface area contributed by atoms with E-state index in [1.807, 2.05) is 13.8 Å². The van der Waals surface area contributed by atoms with Gasteiger partial charge in [0.1, 0.15) is 12.0 Å². The van der Waals surface area contributed by atoms with Crippen molar-refractivity contribution in [3.05, 3.63) is 29.8 Å². The number of unbranched alkanes of at least 4 members (excludes halogenated alkanes) is 1. The van der Waals surface area contributed by atoms with Crippen molar-refractivity contribution in [2.24, 2.45) is 5.41 Å². The van der Waals surface area contributed by atoms with Crippen molar-refractivity contribution < 1.29 is 75.5 Å². The quantitative estimate of drug-likeness (QED) is 0.0241. The first kappa shape index (κ1) is 51.5. The molecule has 1 aromatic carbocycles. The number of rotatable bonds is 22. The van der Waals surface area contributed by atoms with Gasteiger partial charge in [-0.05, 0) is 62.5 Å². The Hall–Kier alpha value is -0.825. The van der Waals surface area contributed by atoms with Crippen molar-refractivity contribution in [3.8, 4) is 0 Å². The number of carbonyl (C=O) groups excluding carboxylic acids is 2. The summed E-state index contributed by atoms with van der Waals surface area (Å²) in [5.74, 6) is -0.241. The zero-order valence-corrected chi connectivity index (χ0v) is 37.6. The highest BCUT2D eigenvalue weighted by Crippen LogP contribution is 2.66.